The first-order valence-electron chi connectivity index (χ1n) is 6.96. The van der Waals surface area contributed by atoms with E-state index in [9.17, 15) is 22.8 Å². The van der Waals surface area contributed by atoms with E-state index >= 15 is 0 Å². The minimum atomic E-state index is -4.52. The van der Waals surface area contributed by atoms with Crippen molar-refractivity contribution in [1.29, 1.82) is 0 Å². The smallest absolute Gasteiger partial charge is 0.416 e. The number of hydrogen-bond acceptors (Lipinski definition) is 2. The van der Waals surface area contributed by atoms with Crippen LogP contribution in [0.15, 0.2) is 18.2 Å². The summed E-state index contributed by atoms with van der Waals surface area (Å²) >= 11 is 5.99. The van der Waals surface area contributed by atoms with Gasteiger partial charge in [-0.3, -0.25) is 9.59 Å². The van der Waals surface area contributed by atoms with E-state index in [0.29, 0.717) is 12.8 Å². The Morgan fingerprint density at radius 2 is 2.00 bits per heavy atom. The minimum absolute atomic E-state index is 0.0908. The molecule has 1 aromatic carbocycles. The second-order valence-electron chi connectivity index (χ2n) is 5.72. The van der Waals surface area contributed by atoms with Crippen LogP contribution >= 0.6 is 11.6 Å². The average Bonchev–Trinajstić information content (AvgIpc) is 3.24. The molecule has 1 saturated carbocycles. The highest BCUT2D eigenvalue weighted by Crippen LogP contribution is 2.51. The predicted octanol–water partition coefficient (Wildman–Crippen LogP) is 3.23. The fourth-order valence-corrected chi connectivity index (χ4v) is 2.61. The molecule has 0 aliphatic heterocycles. The molecule has 1 atom stereocenters. The SMILES string of the molecule is CC(CNC(=O)C1(c2cc(C(F)(F)F)ccc2Cl)CC1)C(=O)O. The first-order valence-corrected chi connectivity index (χ1v) is 7.34. The van der Waals surface area contributed by atoms with Gasteiger partial charge in [0.1, 0.15) is 0 Å². The van der Waals surface area contributed by atoms with Crippen molar-refractivity contribution in [3.8, 4) is 0 Å². The molecule has 1 amide bonds. The van der Waals surface area contributed by atoms with Crippen LogP contribution in [0.5, 0.6) is 0 Å². The van der Waals surface area contributed by atoms with Crippen molar-refractivity contribution in [3.63, 3.8) is 0 Å². The molecule has 0 bridgehead atoms. The molecule has 2 N–H and O–H groups in total. The van der Waals surface area contributed by atoms with E-state index in [2.05, 4.69) is 5.32 Å². The van der Waals surface area contributed by atoms with Gasteiger partial charge in [-0.1, -0.05) is 18.5 Å². The van der Waals surface area contributed by atoms with Crippen LogP contribution in [0, 0.1) is 5.92 Å². The molecule has 23 heavy (non-hydrogen) atoms. The van der Waals surface area contributed by atoms with E-state index in [-0.39, 0.29) is 17.1 Å². The number of alkyl halides is 3. The highest BCUT2D eigenvalue weighted by Gasteiger charge is 2.53. The number of hydrogen-bond donors (Lipinski definition) is 2. The van der Waals surface area contributed by atoms with Gasteiger partial charge in [-0.2, -0.15) is 13.2 Å². The Bertz CT molecular complexity index is 641. The number of carboxylic acid groups (broad SMARTS) is 1. The number of rotatable bonds is 5. The lowest BCUT2D eigenvalue weighted by Crippen LogP contribution is -2.38. The van der Waals surface area contributed by atoms with E-state index in [1.54, 1.807) is 0 Å². The molecule has 0 heterocycles. The summed E-state index contributed by atoms with van der Waals surface area (Å²) in [6, 6.07) is 2.90. The molecule has 0 aromatic heterocycles. The zero-order valence-electron chi connectivity index (χ0n) is 12.2. The third-order valence-corrected chi connectivity index (χ3v) is 4.31. The van der Waals surface area contributed by atoms with Gasteiger partial charge in [0.05, 0.1) is 16.9 Å². The molecule has 1 aliphatic carbocycles. The summed E-state index contributed by atoms with van der Waals surface area (Å²) in [6.45, 7) is 1.34. The number of carbonyl (C=O) groups is 2. The van der Waals surface area contributed by atoms with E-state index < -0.39 is 34.9 Å². The molecule has 0 radical (unpaired) electrons. The summed E-state index contributed by atoms with van der Waals surface area (Å²) < 4.78 is 38.5. The number of carbonyl (C=O) groups excluding carboxylic acids is 1. The number of amides is 1. The number of nitrogens with one attached hydrogen (secondary N) is 1. The van der Waals surface area contributed by atoms with E-state index in [1.807, 2.05) is 0 Å². The summed E-state index contributed by atoms with van der Waals surface area (Å²) in [7, 11) is 0. The van der Waals surface area contributed by atoms with Gasteiger partial charge < -0.3 is 10.4 Å². The zero-order chi connectivity index (χ0) is 17.4. The topological polar surface area (TPSA) is 66.4 Å². The van der Waals surface area contributed by atoms with Crippen LogP contribution in [0.4, 0.5) is 13.2 Å². The number of aliphatic carboxylic acids is 1. The van der Waals surface area contributed by atoms with Crippen molar-refractivity contribution in [3.05, 3.63) is 34.3 Å². The standard InChI is InChI=1S/C15H15ClF3NO3/c1-8(12(21)22)7-20-13(23)14(4-5-14)10-6-9(15(17,18)19)2-3-11(10)16/h2-3,6,8H,4-5,7H2,1H3,(H,20,23)(H,21,22). The Hall–Kier alpha value is -1.76. The predicted molar refractivity (Wildman–Crippen MR) is 77.2 cm³/mol. The molecule has 0 spiro atoms. The molecule has 0 saturated heterocycles. The lowest BCUT2D eigenvalue weighted by molar-refractivity contribution is -0.141. The fraction of sp³-hybridized carbons (Fsp3) is 0.467. The monoisotopic (exact) mass is 349 g/mol. The average molecular weight is 350 g/mol. The Balaban J connectivity index is 2.23. The maximum atomic E-state index is 12.8. The summed E-state index contributed by atoms with van der Waals surface area (Å²) in [5, 5.41) is 11.4. The maximum Gasteiger partial charge on any atom is 0.416 e. The van der Waals surface area contributed by atoms with E-state index in [1.165, 1.54) is 6.92 Å². The van der Waals surface area contributed by atoms with Crippen LogP contribution in [0.25, 0.3) is 0 Å². The largest absolute Gasteiger partial charge is 0.481 e. The van der Waals surface area contributed by atoms with Gasteiger partial charge in [-0.25, -0.2) is 0 Å². The molecular weight excluding hydrogens is 335 g/mol. The molecule has 2 rings (SSSR count). The second-order valence-corrected chi connectivity index (χ2v) is 6.13. The van der Waals surface area contributed by atoms with Crippen molar-refractivity contribution < 1.29 is 27.9 Å². The second kappa shape index (κ2) is 6.03. The first-order chi connectivity index (χ1) is 10.6. The van der Waals surface area contributed by atoms with Gasteiger partial charge in [0, 0.05) is 11.6 Å². The van der Waals surface area contributed by atoms with Crippen molar-refractivity contribution in [2.45, 2.75) is 31.4 Å². The van der Waals surface area contributed by atoms with Crippen LogP contribution in [-0.4, -0.2) is 23.5 Å². The third kappa shape index (κ3) is 3.60. The number of halogens is 4. The Labute approximate surface area is 135 Å². The zero-order valence-corrected chi connectivity index (χ0v) is 13.0. The molecule has 1 fully saturated rings. The molecule has 4 nitrogen and oxygen atoms in total. The van der Waals surface area contributed by atoms with Crippen LogP contribution in [0.1, 0.15) is 30.9 Å². The van der Waals surface area contributed by atoms with Gasteiger partial charge in [0.2, 0.25) is 5.91 Å². The normalized spacial score (nSPS) is 17.4. The van der Waals surface area contributed by atoms with Crippen LogP contribution < -0.4 is 5.32 Å². The molecule has 8 heteroatoms. The highest BCUT2D eigenvalue weighted by molar-refractivity contribution is 6.32. The summed E-state index contributed by atoms with van der Waals surface area (Å²) in [4.78, 5) is 23.1. The van der Waals surface area contributed by atoms with E-state index in [4.69, 9.17) is 16.7 Å². The third-order valence-electron chi connectivity index (χ3n) is 3.98. The molecule has 1 unspecified atom stereocenters. The van der Waals surface area contributed by atoms with Crippen LogP contribution in [0.2, 0.25) is 5.02 Å². The highest BCUT2D eigenvalue weighted by atomic mass is 35.5. The van der Waals surface area contributed by atoms with E-state index in [0.717, 1.165) is 18.2 Å². The summed E-state index contributed by atoms with van der Waals surface area (Å²) in [5.41, 5.74) is -1.83. The molecule has 1 aliphatic rings. The van der Waals surface area contributed by atoms with Gasteiger partial charge in [0.15, 0.2) is 0 Å². The van der Waals surface area contributed by atoms with Crippen molar-refractivity contribution >= 4 is 23.5 Å². The van der Waals surface area contributed by atoms with Gasteiger partial charge in [-0.15, -0.1) is 0 Å². The summed E-state index contributed by atoms with van der Waals surface area (Å²) in [5.74, 6) is -2.34. The minimum Gasteiger partial charge on any atom is -0.481 e. The molecule has 1 aromatic rings. The van der Waals surface area contributed by atoms with Gasteiger partial charge in [-0.05, 0) is 36.6 Å². The fourth-order valence-electron chi connectivity index (χ4n) is 2.31. The van der Waals surface area contributed by atoms with Crippen LogP contribution in [0.3, 0.4) is 0 Å². The number of benzene rings is 1. The van der Waals surface area contributed by atoms with Crippen molar-refractivity contribution in [2.24, 2.45) is 5.92 Å². The van der Waals surface area contributed by atoms with Gasteiger partial charge >= 0.3 is 12.1 Å². The van der Waals surface area contributed by atoms with Crippen LogP contribution in [-0.2, 0) is 21.2 Å². The molecular formula is C15H15ClF3NO3. The lowest BCUT2D eigenvalue weighted by Gasteiger charge is -2.19. The van der Waals surface area contributed by atoms with Crippen molar-refractivity contribution in [1.82, 2.24) is 5.32 Å². The lowest BCUT2D eigenvalue weighted by atomic mass is 9.93. The van der Waals surface area contributed by atoms with Gasteiger partial charge in [0.25, 0.3) is 0 Å². The maximum absolute atomic E-state index is 12.8. The first kappa shape index (κ1) is 17.6. The Morgan fingerprint density at radius 3 is 2.48 bits per heavy atom. The Morgan fingerprint density at radius 1 is 1.39 bits per heavy atom. The quantitative estimate of drug-likeness (QED) is 0.857. The Kier molecular flexibility index (Phi) is 4.61. The summed E-state index contributed by atoms with van der Waals surface area (Å²) in [6.07, 6.45) is -3.77. The van der Waals surface area contributed by atoms with Crippen molar-refractivity contribution in [2.75, 3.05) is 6.54 Å². The molecule has 126 valence electrons. The number of carboxylic acids is 1.